The minimum Gasteiger partial charge on any atom is -0.378 e. The highest BCUT2D eigenvalue weighted by molar-refractivity contribution is 5.21. The van der Waals surface area contributed by atoms with Gasteiger partial charge in [0.1, 0.15) is 0 Å². The van der Waals surface area contributed by atoms with Gasteiger partial charge in [-0.2, -0.15) is 0 Å². The average Bonchev–Trinajstić information content (AvgIpc) is 2.92. The van der Waals surface area contributed by atoms with Gasteiger partial charge in [0, 0.05) is 13.2 Å². The van der Waals surface area contributed by atoms with Crippen molar-refractivity contribution in [2.75, 3.05) is 13.2 Å². The zero-order chi connectivity index (χ0) is 27.0. The third-order valence-electron chi connectivity index (χ3n) is 10.9. The molecule has 5 unspecified atom stereocenters. The van der Waals surface area contributed by atoms with E-state index in [1.165, 1.54) is 122 Å². The maximum Gasteiger partial charge on any atom is 0.0584 e. The first-order valence-corrected chi connectivity index (χ1v) is 17.1. The van der Waals surface area contributed by atoms with Crippen molar-refractivity contribution in [2.24, 2.45) is 22.7 Å². The van der Waals surface area contributed by atoms with Gasteiger partial charge in [-0.15, -0.1) is 0 Å². The van der Waals surface area contributed by atoms with E-state index in [-0.39, 0.29) is 0 Å². The molecule has 5 atom stereocenters. The fourth-order valence-electron chi connectivity index (χ4n) is 9.42. The van der Waals surface area contributed by atoms with Crippen LogP contribution in [0.2, 0.25) is 0 Å². The highest BCUT2D eigenvalue weighted by atomic mass is 16.5. The fourth-order valence-corrected chi connectivity index (χ4v) is 9.42. The lowest BCUT2D eigenvalue weighted by Crippen LogP contribution is -2.58. The predicted molar refractivity (Wildman–Crippen MR) is 159 cm³/mol. The molecule has 0 N–H and O–H groups in total. The Balaban J connectivity index is 1.69. The lowest BCUT2D eigenvalue weighted by molar-refractivity contribution is -0.157. The summed E-state index contributed by atoms with van der Waals surface area (Å²) in [6.45, 7) is 13.2. The smallest absolute Gasteiger partial charge is 0.0584 e. The summed E-state index contributed by atoms with van der Waals surface area (Å²) in [5.74, 6) is 3.37. The summed E-state index contributed by atoms with van der Waals surface area (Å²) in [6, 6.07) is 0. The van der Waals surface area contributed by atoms with Crippen LogP contribution in [0.15, 0.2) is 0 Å². The molecule has 0 aromatic carbocycles. The van der Waals surface area contributed by atoms with Gasteiger partial charge in [0.15, 0.2) is 0 Å². The van der Waals surface area contributed by atoms with Crippen molar-refractivity contribution in [3.63, 3.8) is 0 Å². The van der Waals surface area contributed by atoms with Crippen molar-refractivity contribution >= 4 is 0 Å². The molecule has 0 saturated heterocycles. The van der Waals surface area contributed by atoms with Crippen molar-refractivity contribution in [1.82, 2.24) is 0 Å². The highest BCUT2D eigenvalue weighted by Gasteiger charge is 2.61. The molecule has 3 nitrogen and oxygen atoms in total. The SMILES string of the molecule is CCCCOC1CCCC([C]2CCCC(OCC(C)C)C2)(C2(C3CCCCC3)CCCC(OC(C)C)C2)C1. The molecule has 0 spiro atoms. The third kappa shape index (κ3) is 7.39. The van der Waals surface area contributed by atoms with E-state index in [9.17, 15) is 0 Å². The van der Waals surface area contributed by atoms with Crippen LogP contribution in [0.3, 0.4) is 0 Å². The number of hydrogen-bond acceptors (Lipinski definition) is 3. The van der Waals surface area contributed by atoms with Crippen LogP contribution in [-0.2, 0) is 14.2 Å². The van der Waals surface area contributed by atoms with Gasteiger partial charge < -0.3 is 14.2 Å². The van der Waals surface area contributed by atoms with Crippen LogP contribution >= 0.6 is 0 Å². The van der Waals surface area contributed by atoms with E-state index in [4.69, 9.17) is 14.2 Å². The van der Waals surface area contributed by atoms with Crippen LogP contribution in [0.1, 0.15) is 157 Å². The number of hydrogen-bond donors (Lipinski definition) is 0. The zero-order valence-corrected chi connectivity index (χ0v) is 26.0. The van der Waals surface area contributed by atoms with Gasteiger partial charge in [0.25, 0.3) is 0 Å². The van der Waals surface area contributed by atoms with Crippen LogP contribution in [0.25, 0.3) is 0 Å². The second kappa shape index (κ2) is 14.7. The Bertz CT molecular complexity index is 670. The summed E-state index contributed by atoms with van der Waals surface area (Å²) < 4.78 is 20.0. The summed E-state index contributed by atoms with van der Waals surface area (Å²) >= 11 is 0. The summed E-state index contributed by atoms with van der Waals surface area (Å²) in [7, 11) is 0. The van der Waals surface area contributed by atoms with Crippen LogP contribution in [0, 0.1) is 28.6 Å². The Kier molecular flexibility index (Phi) is 11.9. The maximum absolute atomic E-state index is 6.71. The molecule has 0 bridgehead atoms. The van der Waals surface area contributed by atoms with Crippen molar-refractivity contribution in [3.8, 4) is 0 Å². The lowest BCUT2D eigenvalue weighted by Gasteiger charge is -2.64. The van der Waals surface area contributed by atoms with E-state index in [1.54, 1.807) is 0 Å². The first-order valence-electron chi connectivity index (χ1n) is 17.1. The zero-order valence-electron chi connectivity index (χ0n) is 26.0. The van der Waals surface area contributed by atoms with Crippen LogP contribution in [0.4, 0.5) is 0 Å². The Hall–Kier alpha value is -0.120. The molecule has 4 saturated carbocycles. The second-order valence-electron chi connectivity index (χ2n) is 14.5. The minimum atomic E-state index is 0.309. The number of rotatable bonds is 12. The number of unbranched alkanes of at least 4 members (excludes halogenated alkanes) is 1. The molecule has 0 aromatic rings. The normalized spacial score (nSPS) is 36.2. The average molecular weight is 532 g/mol. The maximum atomic E-state index is 6.71. The molecule has 0 aromatic heterocycles. The molecule has 0 amide bonds. The van der Waals surface area contributed by atoms with Crippen LogP contribution in [-0.4, -0.2) is 37.6 Å². The van der Waals surface area contributed by atoms with E-state index in [0.29, 0.717) is 41.2 Å². The molecule has 4 rings (SSSR count). The molecule has 4 aliphatic rings. The van der Waals surface area contributed by atoms with Crippen LogP contribution in [0.5, 0.6) is 0 Å². The van der Waals surface area contributed by atoms with Gasteiger partial charge in [-0.1, -0.05) is 65.7 Å². The lowest BCUT2D eigenvalue weighted by atomic mass is 9.41. The topological polar surface area (TPSA) is 27.7 Å². The molecular weight excluding hydrogens is 468 g/mol. The summed E-state index contributed by atoms with van der Waals surface area (Å²) in [6.07, 6.45) is 26.9. The number of ether oxygens (including phenoxy) is 3. The Morgan fingerprint density at radius 3 is 2.24 bits per heavy atom. The Morgan fingerprint density at radius 2 is 1.50 bits per heavy atom. The van der Waals surface area contributed by atoms with E-state index >= 15 is 0 Å². The molecule has 221 valence electrons. The van der Waals surface area contributed by atoms with Crippen LogP contribution < -0.4 is 0 Å². The summed E-state index contributed by atoms with van der Waals surface area (Å²) in [4.78, 5) is 0. The monoisotopic (exact) mass is 531 g/mol. The minimum absolute atomic E-state index is 0.309. The van der Waals surface area contributed by atoms with E-state index in [1.807, 2.05) is 5.92 Å². The molecule has 38 heavy (non-hydrogen) atoms. The fraction of sp³-hybridized carbons (Fsp3) is 0.971. The van der Waals surface area contributed by atoms with Gasteiger partial charge in [0.05, 0.1) is 24.4 Å². The molecule has 4 aliphatic carbocycles. The van der Waals surface area contributed by atoms with E-state index < -0.39 is 0 Å². The van der Waals surface area contributed by atoms with Crippen molar-refractivity contribution < 1.29 is 14.2 Å². The Morgan fingerprint density at radius 1 is 0.763 bits per heavy atom. The standard InChI is InChI=1S/C35H63O3/c1-6-7-22-36-32-18-12-21-35(24-32,30-16-11-17-31(23-30)37-26-27(2)3)34(29-14-9-8-10-15-29)20-13-19-33(25-34)38-28(4)5/h27-29,31-33H,6-26H2,1-5H3. The van der Waals surface area contributed by atoms with Crippen molar-refractivity contribution in [1.29, 1.82) is 0 Å². The van der Waals surface area contributed by atoms with Gasteiger partial charge in [-0.3, -0.25) is 0 Å². The van der Waals surface area contributed by atoms with E-state index in [0.717, 1.165) is 19.1 Å². The summed E-state index contributed by atoms with van der Waals surface area (Å²) in [5, 5.41) is 0. The van der Waals surface area contributed by atoms with Gasteiger partial charge in [-0.05, 0) is 119 Å². The molecule has 3 heteroatoms. The quantitative estimate of drug-likeness (QED) is 0.235. The summed E-state index contributed by atoms with van der Waals surface area (Å²) in [5.41, 5.74) is 0.691. The molecule has 0 heterocycles. The first-order chi connectivity index (χ1) is 18.4. The van der Waals surface area contributed by atoms with Gasteiger partial charge in [0.2, 0.25) is 0 Å². The predicted octanol–water partition coefficient (Wildman–Crippen LogP) is 9.86. The molecule has 0 aliphatic heterocycles. The largest absolute Gasteiger partial charge is 0.378 e. The molecular formula is C35H63O3. The van der Waals surface area contributed by atoms with Crippen molar-refractivity contribution in [3.05, 3.63) is 5.92 Å². The first kappa shape index (κ1) is 30.8. The highest BCUT2D eigenvalue weighted by Crippen LogP contribution is 2.68. The third-order valence-corrected chi connectivity index (χ3v) is 10.9. The molecule has 1 radical (unpaired) electrons. The van der Waals surface area contributed by atoms with Gasteiger partial charge in [-0.25, -0.2) is 0 Å². The second-order valence-corrected chi connectivity index (χ2v) is 14.5. The van der Waals surface area contributed by atoms with Gasteiger partial charge >= 0.3 is 0 Å². The van der Waals surface area contributed by atoms with Crippen molar-refractivity contribution in [2.45, 2.75) is 181 Å². The Labute approximate surface area is 236 Å². The van der Waals surface area contributed by atoms with E-state index in [2.05, 4.69) is 34.6 Å². The molecule has 4 fully saturated rings.